The second-order valence-corrected chi connectivity index (χ2v) is 7.09. The van der Waals surface area contributed by atoms with E-state index in [1.807, 2.05) is 19.9 Å². The van der Waals surface area contributed by atoms with Gasteiger partial charge in [0.1, 0.15) is 17.5 Å². The van der Waals surface area contributed by atoms with Gasteiger partial charge in [-0.2, -0.15) is 5.26 Å². The Balaban J connectivity index is 2.02. The lowest BCUT2D eigenvalue weighted by molar-refractivity contribution is -0.151. The van der Waals surface area contributed by atoms with Crippen molar-refractivity contribution in [3.05, 3.63) is 22.9 Å². The zero-order valence-electron chi connectivity index (χ0n) is 13.8. The number of pyridine rings is 1. The van der Waals surface area contributed by atoms with E-state index in [4.69, 9.17) is 9.47 Å². The second kappa shape index (κ2) is 5.22. The maximum atomic E-state index is 9.54. The Hall–Kier alpha value is -1.64. The minimum Gasteiger partial charge on any atom is -0.378 e. The standard InChI is InChI=1S/C17H23N3O2/c1-12-7-13(2)19-15(14(12)8-18)20-9-16(3,4)22-17(10-20)5-6-21-11-17/h7H,5-6,9-11H2,1-4H3. The molecule has 2 saturated heterocycles. The Morgan fingerprint density at radius 3 is 2.73 bits per heavy atom. The predicted molar refractivity (Wildman–Crippen MR) is 84.0 cm³/mol. The van der Waals surface area contributed by atoms with E-state index in [0.29, 0.717) is 12.2 Å². The van der Waals surface area contributed by atoms with Gasteiger partial charge >= 0.3 is 0 Å². The molecule has 118 valence electrons. The molecule has 0 aromatic carbocycles. The largest absolute Gasteiger partial charge is 0.378 e. The van der Waals surface area contributed by atoms with Crippen molar-refractivity contribution in [2.45, 2.75) is 45.3 Å². The number of hydrogen-bond donors (Lipinski definition) is 0. The zero-order valence-corrected chi connectivity index (χ0v) is 13.8. The second-order valence-electron chi connectivity index (χ2n) is 7.09. The molecule has 2 aliphatic rings. The molecule has 0 aliphatic carbocycles. The van der Waals surface area contributed by atoms with Crippen LogP contribution in [0.3, 0.4) is 0 Å². The lowest BCUT2D eigenvalue weighted by atomic mass is 9.94. The molecule has 0 amide bonds. The van der Waals surface area contributed by atoms with Gasteiger partial charge < -0.3 is 14.4 Å². The normalized spacial score (nSPS) is 27.1. The van der Waals surface area contributed by atoms with Crippen molar-refractivity contribution >= 4 is 5.82 Å². The van der Waals surface area contributed by atoms with Gasteiger partial charge in [-0.3, -0.25) is 0 Å². The van der Waals surface area contributed by atoms with Crippen molar-refractivity contribution in [1.82, 2.24) is 4.98 Å². The molecule has 3 rings (SSSR count). The number of anilines is 1. The highest BCUT2D eigenvalue weighted by molar-refractivity contribution is 5.59. The van der Waals surface area contributed by atoms with Crippen LogP contribution in [0.5, 0.6) is 0 Å². The molecule has 1 spiro atoms. The molecule has 2 aliphatic heterocycles. The third-order valence-corrected chi connectivity index (χ3v) is 4.35. The van der Waals surface area contributed by atoms with Crippen LogP contribution >= 0.6 is 0 Å². The quantitative estimate of drug-likeness (QED) is 0.797. The van der Waals surface area contributed by atoms with Crippen molar-refractivity contribution in [3.63, 3.8) is 0 Å². The molecule has 0 bridgehead atoms. The Bertz CT molecular complexity index is 628. The summed E-state index contributed by atoms with van der Waals surface area (Å²) in [6.45, 7) is 10.9. The van der Waals surface area contributed by atoms with E-state index in [1.165, 1.54) is 0 Å². The van der Waals surface area contributed by atoms with Crippen LogP contribution in [-0.4, -0.2) is 42.5 Å². The van der Waals surface area contributed by atoms with Crippen molar-refractivity contribution in [2.75, 3.05) is 31.2 Å². The van der Waals surface area contributed by atoms with Crippen LogP contribution in [-0.2, 0) is 9.47 Å². The number of aryl methyl sites for hydroxylation is 2. The van der Waals surface area contributed by atoms with Crippen LogP contribution in [0.25, 0.3) is 0 Å². The SMILES string of the molecule is Cc1cc(C)c(C#N)c(N2CC(C)(C)OC3(CCOC3)C2)n1. The molecule has 3 heterocycles. The third kappa shape index (κ3) is 2.69. The van der Waals surface area contributed by atoms with Gasteiger partial charge in [0.2, 0.25) is 0 Å². The van der Waals surface area contributed by atoms with E-state index in [0.717, 1.165) is 43.2 Å². The molecule has 0 radical (unpaired) electrons. The molecule has 0 N–H and O–H groups in total. The summed E-state index contributed by atoms with van der Waals surface area (Å²) >= 11 is 0. The summed E-state index contributed by atoms with van der Waals surface area (Å²) in [5, 5.41) is 9.54. The first-order valence-electron chi connectivity index (χ1n) is 7.75. The number of ether oxygens (including phenoxy) is 2. The number of hydrogen-bond acceptors (Lipinski definition) is 5. The minimum atomic E-state index is -0.294. The van der Waals surface area contributed by atoms with Crippen LogP contribution in [0.1, 0.15) is 37.1 Å². The van der Waals surface area contributed by atoms with E-state index in [-0.39, 0.29) is 11.2 Å². The Labute approximate surface area is 131 Å². The van der Waals surface area contributed by atoms with Gasteiger partial charge in [-0.15, -0.1) is 0 Å². The third-order valence-electron chi connectivity index (χ3n) is 4.35. The van der Waals surface area contributed by atoms with Crippen molar-refractivity contribution in [1.29, 1.82) is 5.26 Å². The highest BCUT2D eigenvalue weighted by Gasteiger charge is 2.47. The van der Waals surface area contributed by atoms with Gasteiger partial charge in [0, 0.05) is 25.3 Å². The van der Waals surface area contributed by atoms with E-state index in [1.54, 1.807) is 0 Å². The van der Waals surface area contributed by atoms with Crippen LogP contribution in [0.2, 0.25) is 0 Å². The van der Waals surface area contributed by atoms with Crippen LogP contribution < -0.4 is 4.90 Å². The minimum absolute atomic E-state index is 0.284. The number of morpholine rings is 1. The van der Waals surface area contributed by atoms with E-state index in [2.05, 4.69) is 29.8 Å². The average molecular weight is 301 g/mol. The van der Waals surface area contributed by atoms with Gasteiger partial charge in [0.25, 0.3) is 0 Å². The molecule has 1 unspecified atom stereocenters. The number of nitrogens with zero attached hydrogens (tertiary/aromatic N) is 3. The number of rotatable bonds is 1. The van der Waals surface area contributed by atoms with Gasteiger partial charge in [-0.05, 0) is 39.3 Å². The first kappa shape index (κ1) is 15.3. The summed E-state index contributed by atoms with van der Waals surface area (Å²) in [5.41, 5.74) is 2.00. The average Bonchev–Trinajstić information content (AvgIpc) is 2.83. The maximum absolute atomic E-state index is 9.54. The van der Waals surface area contributed by atoms with E-state index < -0.39 is 0 Å². The number of nitriles is 1. The summed E-state index contributed by atoms with van der Waals surface area (Å²) < 4.78 is 11.9. The van der Waals surface area contributed by atoms with Crippen LogP contribution in [0.15, 0.2) is 6.07 Å². The monoisotopic (exact) mass is 301 g/mol. The smallest absolute Gasteiger partial charge is 0.147 e. The summed E-state index contributed by atoms with van der Waals surface area (Å²) in [7, 11) is 0. The highest BCUT2D eigenvalue weighted by Crippen LogP contribution is 2.37. The van der Waals surface area contributed by atoms with E-state index >= 15 is 0 Å². The number of aromatic nitrogens is 1. The molecule has 22 heavy (non-hydrogen) atoms. The van der Waals surface area contributed by atoms with Crippen molar-refractivity contribution in [2.24, 2.45) is 0 Å². The van der Waals surface area contributed by atoms with Crippen LogP contribution in [0, 0.1) is 25.2 Å². The summed E-state index contributed by atoms with van der Waals surface area (Å²) in [6.07, 6.45) is 0.889. The molecule has 1 atom stereocenters. The summed E-state index contributed by atoms with van der Waals surface area (Å²) in [5.74, 6) is 0.780. The molecule has 2 fully saturated rings. The van der Waals surface area contributed by atoms with E-state index in [9.17, 15) is 5.26 Å². The highest BCUT2D eigenvalue weighted by atomic mass is 16.6. The Kier molecular flexibility index (Phi) is 3.62. The lowest BCUT2D eigenvalue weighted by Gasteiger charge is -2.48. The van der Waals surface area contributed by atoms with Gasteiger partial charge in [0.15, 0.2) is 0 Å². The molecule has 1 aromatic heterocycles. The lowest BCUT2D eigenvalue weighted by Crippen LogP contribution is -2.60. The van der Waals surface area contributed by atoms with Gasteiger partial charge in [-0.25, -0.2) is 4.98 Å². The summed E-state index contributed by atoms with van der Waals surface area (Å²) in [6, 6.07) is 4.28. The van der Waals surface area contributed by atoms with Crippen molar-refractivity contribution < 1.29 is 9.47 Å². The summed E-state index contributed by atoms with van der Waals surface area (Å²) in [4.78, 5) is 6.86. The zero-order chi connectivity index (χ0) is 16.0. The fourth-order valence-corrected chi connectivity index (χ4v) is 3.64. The topological polar surface area (TPSA) is 58.4 Å². The van der Waals surface area contributed by atoms with Gasteiger partial charge in [-0.1, -0.05) is 0 Å². The Morgan fingerprint density at radius 2 is 2.09 bits per heavy atom. The first-order chi connectivity index (χ1) is 10.3. The van der Waals surface area contributed by atoms with Crippen molar-refractivity contribution in [3.8, 4) is 6.07 Å². The van der Waals surface area contributed by atoms with Gasteiger partial charge in [0.05, 0.1) is 24.3 Å². The fourth-order valence-electron chi connectivity index (χ4n) is 3.64. The molecule has 0 saturated carbocycles. The first-order valence-corrected chi connectivity index (χ1v) is 7.75. The molecule has 1 aromatic rings. The Morgan fingerprint density at radius 1 is 1.32 bits per heavy atom. The maximum Gasteiger partial charge on any atom is 0.147 e. The van der Waals surface area contributed by atoms with Crippen LogP contribution in [0.4, 0.5) is 5.82 Å². The predicted octanol–water partition coefficient (Wildman–Crippen LogP) is 2.34. The molecule has 5 nitrogen and oxygen atoms in total. The fraction of sp³-hybridized carbons (Fsp3) is 0.647. The molecular weight excluding hydrogens is 278 g/mol. The molecular formula is C17H23N3O2. The molecule has 5 heteroatoms.